The largest absolute Gasteiger partial charge is 0.480 e. The molecule has 3 amide bonds. The molecule has 0 saturated heterocycles. The molecule has 2 atom stereocenters. The number of imidazole rings is 1. The maximum absolute atomic E-state index is 12.1. The molecule has 0 radical (unpaired) electrons. The van der Waals surface area contributed by atoms with Crippen LogP contribution in [0.4, 0.5) is 0 Å². The van der Waals surface area contributed by atoms with Crippen LogP contribution in [0.1, 0.15) is 19.5 Å². The van der Waals surface area contributed by atoms with Crippen LogP contribution in [0.3, 0.4) is 0 Å². The van der Waals surface area contributed by atoms with Gasteiger partial charge in [-0.25, -0.2) is 4.98 Å². The molecule has 1 aromatic rings. The van der Waals surface area contributed by atoms with Crippen molar-refractivity contribution in [3.05, 3.63) is 18.2 Å². The van der Waals surface area contributed by atoms with Crippen molar-refractivity contribution in [3.63, 3.8) is 0 Å². The van der Waals surface area contributed by atoms with E-state index in [-0.39, 0.29) is 18.9 Å². The van der Waals surface area contributed by atoms with Crippen molar-refractivity contribution < 1.29 is 24.3 Å². The zero-order chi connectivity index (χ0) is 19.7. The maximum atomic E-state index is 12.1. The lowest BCUT2D eigenvalue weighted by molar-refractivity contribution is -0.138. The fraction of sp³-hybridized carbons (Fsp3) is 0.533. The van der Waals surface area contributed by atoms with Crippen molar-refractivity contribution >= 4 is 23.7 Å². The summed E-state index contributed by atoms with van der Waals surface area (Å²) in [5.74, 6) is -3.05. The van der Waals surface area contributed by atoms with Crippen LogP contribution in [0.5, 0.6) is 0 Å². The number of aromatic amines is 1. The number of hydrogen-bond acceptors (Lipinski definition) is 6. The molecular formula is C15H24N6O5. The van der Waals surface area contributed by atoms with Crippen LogP contribution in [0.15, 0.2) is 12.5 Å². The smallest absolute Gasteiger partial charge is 0.322 e. The Morgan fingerprint density at radius 2 is 1.85 bits per heavy atom. The summed E-state index contributed by atoms with van der Waals surface area (Å²) in [5.41, 5.74) is 6.25. The Labute approximate surface area is 150 Å². The summed E-state index contributed by atoms with van der Waals surface area (Å²) in [5, 5.41) is 15.7. The van der Waals surface area contributed by atoms with Gasteiger partial charge in [0.05, 0.1) is 18.9 Å². The predicted molar refractivity (Wildman–Crippen MR) is 90.7 cm³/mol. The van der Waals surface area contributed by atoms with Gasteiger partial charge in [-0.3, -0.25) is 19.2 Å². The fourth-order valence-corrected chi connectivity index (χ4v) is 1.94. The Morgan fingerprint density at radius 1 is 1.19 bits per heavy atom. The van der Waals surface area contributed by atoms with Crippen molar-refractivity contribution in [2.45, 2.75) is 32.4 Å². The Hall–Kier alpha value is -2.95. The normalized spacial score (nSPS) is 12.9. The molecule has 144 valence electrons. The van der Waals surface area contributed by atoms with E-state index in [9.17, 15) is 19.2 Å². The van der Waals surface area contributed by atoms with Crippen molar-refractivity contribution in [2.24, 2.45) is 11.7 Å². The van der Waals surface area contributed by atoms with Gasteiger partial charge in [0.25, 0.3) is 0 Å². The molecule has 0 aliphatic carbocycles. The number of nitrogens with one attached hydrogen (secondary N) is 4. The summed E-state index contributed by atoms with van der Waals surface area (Å²) >= 11 is 0. The molecular weight excluding hydrogens is 344 g/mol. The summed E-state index contributed by atoms with van der Waals surface area (Å²) in [4.78, 5) is 53.1. The molecule has 7 N–H and O–H groups in total. The van der Waals surface area contributed by atoms with Crippen molar-refractivity contribution in [2.75, 3.05) is 13.1 Å². The van der Waals surface area contributed by atoms with Crippen LogP contribution in [-0.2, 0) is 25.6 Å². The number of carbonyl (C=O) groups is 4. The lowest BCUT2D eigenvalue weighted by Gasteiger charge is -2.19. The van der Waals surface area contributed by atoms with Gasteiger partial charge in [-0.05, 0) is 5.92 Å². The zero-order valence-corrected chi connectivity index (χ0v) is 14.6. The van der Waals surface area contributed by atoms with Crippen molar-refractivity contribution in [1.82, 2.24) is 25.9 Å². The second kappa shape index (κ2) is 10.1. The molecule has 1 rings (SSSR count). The van der Waals surface area contributed by atoms with Crippen molar-refractivity contribution in [1.29, 1.82) is 0 Å². The molecule has 0 aromatic carbocycles. The van der Waals surface area contributed by atoms with Crippen LogP contribution in [0, 0.1) is 5.92 Å². The first-order valence-electron chi connectivity index (χ1n) is 8.00. The van der Waals surface area contributed by atoms with Gasteiger partial charge in [-0.2, -0.15) is 0 Å². The quantitative estimate of drug-likeness (QED) is 0.269. The zero-order valence-electron chi connectivity index (χ0n) is 14.6. The molecule has 1 heterocycles. The molecule has 0 saturated carbocycles. The number of nitrogens with zero attached hydrogens (tertiary/aromatic N) is 1. The van der Waals surface area contributed by atoms with E-state index in [1.807, 2.05) is 0 Å². The van der Waals surface area contributed by atoms with Gasteiger partial charge >= 0.3 is 5.97 Å². The highest BCUT2D eigenvalue weighted by Gasteiger charge is 2.23. The van der Waals surface area contributed by atoms with E-state index in [2.05, 4.69) is 25.9 Å². The summed E-state index contributed by atoms with van der Waals surface area (Å²) < 4.78 is 0. The molecule has 0 aliphatic rings. The Morgan fingerprint density at radius 3 is 2.38 bits per heavy atom. The van der Waals surface area contributed by atoms with Gasteiger partial charge in [-0.1, -0.05) is 13.8 Å². The number of carbonyl (C=O) groups excluding carboxylic acids is 3. The van der Waals surface area contributed by atoms with E-state index in [0.717, 1.165) is 0 Å². The summed E-state index contributed by atoms with van der Waals surface area (Å²) in [6.07, 6.45) is 2.97. The number of aliphatic carboxylic acids is 1. The minimum absolute atomic E-state index is 0.0800. The Balaban J connectivity index is 2.63. The number of H-pyrrole nitrogens is 1. The van der Waals surface area contributed by atoms with E-state index in [4.69, 9.17) is 10.8 Å². The summed E-state index contributed by atoms with van der Waals surface area (Å²) in [6.45, 7) is 2.62. The third-order valence-electron chi connectivity index (χ3n) is 3.49. The molecule has 0 spiro atoms. The first-order valence-corrected chi connectivity index (χ1v) is 8.00. The number of aromatic nitrogens is 2. The third kappa shape index (κ3) is 7.30. The van der Waals surface area contributed by atoms with Crippen LogP contribution < -0.4 is 21.7 Å². The van der Waals surface area contributed by atoms with E-state index >= 15 is 0 Å². The highest BCUT2D eigenvalue weighted by Crippen LogP contribution is 2.00. The highest BCUT2D eigenvalue weighted by atomic mass is 16.4. The average Bonchev–Trinajstić information content (AvgIpc) is 3.09. The number of amides is 3. The molecule has 0 aliphatic heterocycles. The maximum Gasteiger partial charge on any atom is 0.322 e. The average molecular weight is 368 g/mol. The second-order valence-corrected chi connectivity index (χ2v) is 6.00. The van der Waals surface area contributed by atoms with E-state index in [1.165, 1.54) is 12.5 Å². The van der Waals surface area contributed by atoms with Crippen LogP contribution in [-0.4, -0.2) is 63.9 Å². The minimum Gasteiger partial charge on any atom is -0.480 e. The third-order valence-corrected chi connectivity index (χ3v) is 3.49. The lowest BCUT2D eigenvalue weighted by Crippen LogP contribution is -2.52. The van der Waals surface area contributed by atoms with Gasteiger partial charge < -0.3 is 31.8 Å². The van der Waals surface area contributed by atoms with E-state index < -0.39 is 42.3 Å². The van der Waals surface area contributed by atoms with Crippen LogP contribution in [0.25, 0.3) is 0 Å². The highest BCUT2D eigenvalue weighted by molar-refractivity contribution is 5.92. The molecule has 1 aromatic heterocycles. The number of carboxylic acid groups (broad SMARTS) is 1. The van der Waals surface area contributed by atoms with E-state index in [1.54, 1.807) is 13.8 Å². The van der Waals surface area contributed by atoms with Gasteiger partial charge in [-0.15, -0.1) is 0 Å². The number of nitrogens with two attached hydrogens (primary N) is 1. The summed E-state index contributed by atoms with van der Waals surface area (Å²) in [7, 11) is 0. The van der Waals surface area contributed by atoms with Gasteiger partial charge in [0.1, 0.15) is 12.6 Å². The monoisotopic (exact) mass is 368 g/mol. The Kier molecular flexibility index (Phi) is 8.22. The molecule has 2 unspecified atom stereocenters. The number of hydrogen-bond donors (Lipinski definition) is 6. The SMILES string of the molecule is CC(C)C(N)C(=O)NCC(=O)NC(Cc1cnc[nH]1)C(=O)NCC(=O)O. The number of rotatable bonds is 10. The van der Waals surface area contributed by atoms with Crippen LogP contribution in [0.2, 0.25) is 0 Å². The molecule has 26 heavy (non-hydrogen) atoms. The minimum atomic E-state index is -1.21. The summed E-state index contributed by atoms with van der Waals surface area (Å²) in [6, 6.07) is -1.78. The fourth-order valence-electron chi connectivity index (χ4n) is 1.94. The molecule has 0 bridgehead atoms. The number of carboxylic acids is 1. The molecule has 11 nitrogen and oxygen atoms in total. The van der Waals surface area contributed by atoms with Gasteiger partial charge in [0.2, 0.25) is 17.7 Å². The first-order chi connectivity index (χ1) is 12.2. The standard InChI is InChI=1S/C15H24N6O5/c1-8(2)13(16)15(26)18-5-11(22)21-10(3-9-4-17-7-20-9)14(25)19-6-12(23)24/h4,7-8,10,13H,3,5-6,16H2,1-2H3,(H,17,20)(H,18,26)(H,19,25)(H,21,22)(H,23,24). The second-order valence-electron chi connectivity index (χ2n) is 6.00. The van der Waals surface area contributed by atoms with Crippen LogP contribution >= 0.6 is 0 Å². The molecule has 0 fully saturated rings. The molecule has 11 heteroatoms. The Bertz CT molecular complexity index is 630. The predicted octanol–water partition coefficient (Wildman–Crippen LogP) is -2.26. The van der Waals surface area contributed by atoms with Gasteiger partial charge in [0.15, 0.2) is 0 Å². The first kappa shape index (κ1) is 21.1. The topological polar surface area (TPSA) is 179 Å². The van der Waals surface area contributed by atoms with E-state index in [0.29, 0.717) is 5.69 Å². The van der Waals surface area contributed by atoms with Crippen molar-refractivity contribution in [3.8, 4) is 0 Å². The lowest BCUT2D eigenvalue weighted by atomic mass is 10.1. The van der Waals surface area contributed by atoms with Gasteiger partial charge in [0, 0.05) is 18.3 Å².